The standard InChI is InChI=1S/C24H25N7O8S4/c1-10(21(35)36)39-29-15(13-9-41-23(25)26-13)18(33)28-16-19(34)31-17(22(37)38)11(7-40-20(16)31)8-42-24-27-12-6-30(4-5-32)3-2-14(12)43-24/h2-3,9-10,16,20,32H,4-8H2,1H3,(H2,25,26)(H,28,33)(H,35,36)(H,37,38)/b29-15-/t10-,16?,20+/m0/s1. The van der Waals surface area contributed by atoms with Crippen LogP contribution in [0.4, 0.5) is 5.13 Å². The van der Waals surface area contributed by atoms with Crippen LogP contribution in [-0.2, 0) is 30.6 Å². The first-order chi connectivity index (χ1) is 20.6. The van der Waals surface area contributed by atoms with Crippen molar-refractivity contribution in [3.8, 4) is 0 Å². The van der Waals surface area contributed by atoms with Crippen LogP contribution >= 0.6 is 46.2 Å². The Morgan fingerprint density at radius 3 is 2.79 bits per heavy atom. The Kier molecular flexibility index (Phi) is 9.25. The zero-order valence-corrected chi connectivity index (χ0v) is 25.6. The zero-order valence-electron chi connectivity index (χ0n) is 22.3. The molecular weight excluding hydrogens is 643 g/mol. The number of carbonyl (C=O) groups is 4. The third-order valence-electron chi connectivity index (χ3n) is 6.42. The average Bonchev–Trinajstić information content (AvgIpc) is 3.59. The number of oxime groups is 1. The number of β-lactam (4-membered cyclic amide) rings is 1. The number of aliphatic carboxylic acids is 2. The van der Waals surface area contributed by atoms with Crippen molar-refractivity contribution in [2.75, 3.05) is 30.4 Å². The smallest absolute Gasteiger partial charge is 0.352 e. The van der Waals surface area contributed by atoms with Gasteiger partial charge < -0.3 is 36.1 Å². The lowest BCUT2D eigenvalue weighted by molar-refractivity contribution is -0.150. The van der Waals surface area contributed by atoms with E-state index in [4.69, 9.17) is 15.7 Å². The third-order valence-corrected chi connectivity index (χ3v) is 10.7. The number of thioether (sulfide) groups is 2. The first-order valence-corrected chi connectivity index (χ1v) is 16.3. The number of anilines is 1. The van der Waals surface area contributed by atoms with Crippen LogP contribution in [0.1, 0.15) is 23.2 Å². The fourth-order valence-corrected chi connectivity index (χ4v) is 8.39. The largest absolute Gasteiger partial charge is 0.478 e. The Bertz CT molecular complexity index is 1550. The normalized spacial score (nSPS) is 20.3. The Morgan fingerprint density at radius 2 is 2.12 bits per heavy atom. The number of aliphatic hydroxyl groups is 1. The summed E-state index contributed by atoms with van der Waals surface area (Å²) in [4.78, 5) is 67.5. The van der Waals surface area contributed by atoms with E-state index < -0.39 is 41.3 Å². The van der Waals surface area contributed by atoms with E-state index in [1.807, 2.05) is 17.2 Å². The molecule has 5 heterocycles. The monoisotopic (exact) mass is 667 g/mol. The number of nitrogen functional groups attached to an aromatic ring is 1. The average molecular weight is 668 g/mol. The first kappa shape index (κ1) is 30.8. The number of rotatable bonds is 12. The Morgan fingerprint density at radius 1 is 1.33 bits per heavy atom. The number of nitrogens with one attached hydrogen (secondary N) is 1. The van der Waals surface area contributed by atoms with E-state index in [0.717, 1.165) is 26.2 Å². The van der Waals surface area contributed by atoms with E-state index in [0.29, 0.717) is 30.2 Å². The number of hydrogen-bond acceptors (Lipinski definition) is 15. The molecule has 0 saturated carbocycles. The van der Waals surface area contributed by atoms with Crippen LogP contribution in [0, 0.1) is 0 Å². The molecular formula is C24H25N7O8S4. The SMILES string of the molecule is C[C@H](O/N=C(\C(=O)NC1C(=O)N2C(C(=O)O)=C(CSc3nc4c(s3)C=CN(CCO)C4)CS[C@H]12)c1csc(N)n1)C(=O)O. The quantitative estimate of drug-likeness (QED) is 0.0910. The lowest BCUT2D eigenvalue weighted by atomic mass is 10.0. The van der Waals surface area contributed by atoms with Crippen molar-refractivity contribution in [3.05, 3.63) is 39.1 Å². The molecule has 15 nitrogen and oxygen atoms in total. The summed E-state index contributed by atoms with van der Waals surface area (Å²) in [6.07, 6.45) is 2.48. The Hall–Kier alpha value is -3.65. The van der Waals surface area contributed by atoms with E-state index in [2.05, 4.69) is 20.4 Å². The number of amides is 2. The summed E-state index contributed by atoms with van der Waals surface area (Å²) in [5.41, 5.74) is 6.64. The van der Waals surface area contributed by atoms with Crippen LogP contribution < -0.4 is 11.1 Å². The molecule has 2 aromatic heterocycles. The molecule has 2 aromatic rings. The van der Waals surface area contributed by atoms with E-state index in [1.54, 1.807) is 0 Å². The molecule has 5 rings (SSSR count). The maximum absolute atomic E-state index is 13.2. The molecule has 1 unspecified atom stereocenters. The van der Waals surface area contributed by atoms with Crippen molar-refractivity contribution in [2.24, 2.45) is 5.16 Å². The second-order valence-electron chi connectivity index (χ2n) is 9.30. The van der Waals surface area contributed by atoms with Gasteiger partial charge in [-0.3, -0.25) is 14.5 Å². The molecule has 0 bridgehead atoms. The number of nitrogens with zero attached hydrogens (tertiary/aromatic N) is 5. The van der Waals surface area contributed by atoms with Crippen LogP contribution in [-0.4, -0.2) is 107 Å². The highest BCUT2D eigenvalue weighted by atomic mass is 32.2. The van der Waals surface area contributed by atoms with Crippen molar-refractivity contribution >= 4 is 86.9 Å². The number of fused-ring (bicyclic) bond motifs is 2. The van der Waals surface area contributed by atoms with Crippen molar-refractivity contribution in [1.29, 1.82) is 0 Å². The molecule has 43 heavy (non-hydrogen) atoms. The summed E-state index contributed by atoms with van der Waals surface area (Å²) in [6.45, 7) is 2.34. The van der Waals surface area contributed by atoms with E-state index >= 15 is 0 Å². The van der Waals surface area contributed by atoms with Gasteiger partial charge in [0, 0.05) is 29.6 Å². The topological polar surface area (TPSA) is 221 Å². The minimum Gasteiger partial charge on any atom is -0.478 e. The van der Waals surface area contributed by atoms with Crippen LogP contribution in [0.25, 0.3) is 6.08 Å². The van der Waals surface area contributed by atoms with Crippen LogP contribution in [0.15, 0.2) is 32.3 Å². The second-order valence-corrected chi connectivity index (χ2v) is 13.6. The molecule has 1 fully saturated rings. The van der Waals surface area contributed by atoms with Gasteiger partial charge in [-0.1, -0.05) is 16.9 Å². The fraction of sp³-hybridized carbons (Fsp3) is 0.375. The number of aromatic nitrogens is 2. The predicted octanol–water partition coefficient (Wildman–Crippen LogP) is 0.685. The van der Waals surface area contributed by atoms with Crippen molar-refractivity contribution < 1.29 is 39.3 Å². The van der Waals surface area contributed by atoms with E-state index in [9.17, 15) is 29.4 Å². The Labute approximate surface area is 260 Å². The third kappa shape index (κ3) is 6.49. The minimum atomic E-state index is -1.36. The molecule has 1 saturated heterocycles. The predicted molar refractivity (Wildman–Crippen MR) is 160 cm³/mol. The van der Waals surface area contributed by atoms with Gasteiger partial charge in [0.2, 0.25) is 6.10 Å². The first-order valence-electron chi connectivity index (χ1n) is 12.6. The number of thiazole rings is 2. The summed E-state index contributed by atoms with van der Waals surface area (Å²) in [6, 6.07) is -1.06. The molecule has 0 spiro atoms. The van der Waals surface area contributed by atoms with Crippen molar-refractivity contribution in [1.82, 2.24) is 25.1 Å². The van der Waals surface area contributed by atoms with Gasteiger partial charge >= 0.3 is 11.9 Å². The molecule has 3 atom stereocenters. The molecule has 3 aliphatic heterocycles. The number of nitrogens with two attached hydrogens (primary N) is 1. The maximum Gasteiger partial charge on any atom is 0.352 e. The van der Waals surface area contributed by atoms with Gasteiger partial charge in [0.1, 0.15) is 22.8 Å². The molecule has 19 heteroatoms. The van der Waals surface area contributed by atoms with Gasteiger partial charge in [-0.25, -0.2) is 19.6 Å². The Balaban J connectivity index is 1.27. The van der Waals surface area contributed by atoms with Crippen molar-refractivity contribution in [3.63, 3.8) is 0 Å². The summed E-state index contributed by atoms with van der Waals surface area (Å²) < 4.78 is 0.763. The van der Waals surface area contributed by atoms with Gasteiger partial charge in [0.15, 0.2) is 15.2 Å². The summed E-state index contributed by atoms with van der Waals surface area (Å²) >= 11 is 5.22. The summed E-state index contributed by atoms with van der Waals surface area (Å²) in [7, 11) is 0. The van der Waals surface area contributed by atoms with Crippen LogP contribution in [0.2, 0.25) is 0 Å². The molecule has 0 aliphatic carbocycles. The summed E-state index contributed by atoms with van der Waals surface area (Å²) in [5, 5.41) is 35.4. The highest BCUT2D eigenvalue weighted by Crippen LogP contribution is 2.42. The van der Waals surface area contributed by atoms with Gasteiger partial charge in [0.05, 0.1) is 23.7 Å². The molecule has 3 aliphatic rings. The lowest BCUT2D eigenvalue weighted by Gasteiger charge is -2.49. The maximum atomic E-state index is 13.2. The van der Waals surface area contributed by atoms with Crippen LogP contribution in [0.5, 0.6) is 0 Å². The number of aliphatic hydroxyl groups excluding tert-OH is 1. The van der Waals surface area contributed by atoms with Gasteiger partial charge in [-0.15, -0.1) is 34.4 Å². The number of carboxylic acid groups (broad SMARTS) is 2. The molecule has 2 amide bonds. The summed E-state index contributed by atoms with van der Waals surface area (Å²) in [5.74, 6) is -3.41. The second kappa shape index (κ2) is 12.9. The zero-order chi connectivity index (χ0) is 30.8. The molecule has 0 radical (unpaired) electrons. The molecule has 0 aromatic carbocycles. The van der Waals surface area contributed by atoms with E-state index in [1.165, 1.54) is 52.1 Å². The van der Waals surface area contributed by atoms with Gasteiger partial charge in [0.25, 0.3) is 11.8 Å². The van der Waals surface area contributed by atoms with Gasteiger partial charge in [-0.2, -0.15) is 0 Å². The minimum absolute atomic E-state index is 0.0309. The van der Waals surface area contributed by atoms with Crippen LogP contribution in [0.3, 0.4) is 0 Å². The number of β-amino-alcohol motifs (C(OH)–C–C–N with tert-alkyl or cyclic N) is 1. The van der Waals surface area contributed by atoms with E-state index in [-0.39, 0.29) is 28.8 Å². The fourth-order valence-electron chi connectivity index (χ4n) is 4.28. The number of carboxylic acids is 2. The lowest BCUT2D eigenvalue weighted by Crippen LogP contribution is -2.71. The number of hydrogen-bond donors (Lipinski definition) is 5. The highest BCUT2D eigenvalue weighted by molar-refractivity contribution is 8.01. The van der Waals surface area contributed by atoms with Gasteiger partial charge in [-0.05, 0) is 18.6 Å². The molecule has 6 N–H and O–H groups in total. The molecule has 228 valence electrons. The highest BCUT2D eigenvalue weighted by Gasteiger charge is 2.54. The number of carbonyl (C=O) groups excluding carboxylic acids is 2. The van der Waals surface area contributed by atoms with Crippen molar-refractivity contribution in [2.45, 2.75) is 35.3 Å².